The molecule has 96 valence electrons. The topological polar surface area (TPSA) is 81.2 Å². The smallest absolute Gasteiger partial charge is 0.254 e. The molecule has 0 atom stereocenters. The van der Waals surface area contributed by atoms with Gasteiger partial charge >= 0.3 is 0 Å². The fourth-order valence-electron chi connectivity index (χ4n) is 1.47. The van der Waals surface area contributed by atoms with Crippen LogP contribution in [0.25, 0.3) is 0 Å². The third kappa shape index (κ3) is 2.96. The summed E-state index contributed by atoms with van der Waals surface area (Å²) in [4.78, 5) is 16.2. The molecule has 0 aliphatic carbocycles. The predicted octanol–water partition coefficient (Wildman–Crippen LogP) is 1.69. The van der Waals surface area contributed by atoms with Crippen LogP contribution in [0, 0.1) is 0 Å². The first-order valence-electron chi connectivity index (χ1n) is 5.72. The lowest BCUT2D eigenvalue weighted by atomic mass is 10.3. The Balaban J connectivity index is 1.91. The molecule has 2 rings (SSSR count). The highest BCUT2D eigenvalue weighted by Crippen LogP contribution is 2.11. The van der Waals surface area contributed by atoms with E-state index >= 15 is 0 Å². The third-order valence-electron chi connectivity index (χ3n) is 2.45. The first-order valence-corrected chi connectivity index (χ1v) is 6.59. The van der Waals surface area contributed by atoms with Gasteiger partial charge in [0.1, 0.15) is 12.0 Å². The monoisotopic (exact) mass is 265 g/mol. The van der Waals surface area contributed by atoms with Gasteiger partial charge in [-0.3, -0.25) is 4.79 Å². The van der Waals surface area contributed by atoms with Crippen LogP contribution in [-0.2, 0) is 19.5 Å². The van der Waals surface area contributed by atoms with Crippen LogP contribution in [0.3, 0.4) is 0 Å². The molecule has 5 nitrogen and oxygen atoms in total. The molecule has 0 spiro atoms. The molecule has 1 amide bonds. The minimum Gasteiger partial charge on any atom is -0.467 e. The van der Waals surface area contributed by atoms with Crippen molar-refractivity contribution in [2.24, 2.45) is 5.73 Å². The highest BCUT2D eigenvalue weighted by Gasteiger charge is 2.10. The Kier molecular flexibility index (Phi) is 4.11. The Morgan fingerprint density at radius 2 is 2.44 bits per heavy atom. The van der Waals surface area contributed by atoms with Gasteiger partial charge < -0.3 is 15.5 Å². The summed E-state index contributed by atoms with van der Waals surface area (Å²) in [6.07, 6.45) is 2.33. The SMILES string of the molecule is CCc1nc(CNC(=O)c2coc(CN)c2)cs1. The highest BCUT2D eigenvalue weighted by molar-refractivity contribution is 7.09. The molecule has 0 saturated heterocycles. The Hall–Kier alpha value is -1.66. The van der Waals surface area contributed by atoms with Crippen LogP contribution < -0.4 is 11.1 Å². The number of nitrogens with one attached hydrogen (secondary N) is 1. The lowest BCUT2D eigenvalue weighted by Crippen LogP contribution is -2.22. The number of aryl methyl sites for hydroxylation is 1. The van der Waals surface area contributed by atoms with Gasteiger partial charge in [0, 0.05) is 5.38 Å². The van der Waals surface area contributed by atoms with E-state index in [4.69, 9.17) is 10.2 Å². The second kappa shape index (κ2) is 5.79. The Labute approximate surface area is 109 Å². The number of carbonyl (C=O) groups excluding carboxylic acids is 1. The number of carbonyl (C=O) groups is 1. The molecule has 6 heteroatoms. The summed E-state index contributed by atoms with van der Waals surface area (Å²) in [6.45, 7) is 2.78. The van der Waals surface area contributed by atoms with E-state index in [1.807, 2.05) is 5.38 Å². The van der Waals surface area contributed by atoms with E-state index in [2.05, 4.69) is 17.2 Å². The number of hydrogen-bond donors (Lipinski definition) is 2. The molecule has 2 aromatic heterocycles. The average molecular weight is 265 g/mol. The standard InChI is InChI=1S/C12H15N3O2S/c1-2-11-15-9(7-18-11)5-14-12(16)8-3-10(4-13)17-6-8/h3,6-7H,2,4-5,13H2,1H3,(H,14,16). The van der Waals surface area contributed by atoms with Crippen LogP contribution in [0.2, 0.25) is 0 Å². The Morgan fingerprint density at radius 1 is 1.61 bits per heavy atom. The summed E-state index contributed by atoms with van der Waals surface area (Å²) in [5.74, 6) is 0.423. The number of thiazole rings is 1. The van der Waals surface area contributed by atoms with Crippen molar-refractivity contribution < 1.29 is 9.21 Å². The number of furan rings is 1. The van der Waals surface area contributed by atoms with Crippen molar-refractivity contribution in [1.82, 2.24) is 10.3 Å². The summed E-state index contributed by atoms with van der Waals surface area (Å²) in [6, 6.07) is 1.65. The molecule has 3 N–H and O–H groups in total. The van der Waals surface area contributed by atoms with Crippen LogP contribution in [0.15, 0.2) is 22.1 Å². The molecule has 0 aliphatic rings. The van der Waals surface area contributed by atoms with E-state index < -0.39 is 0 Å². The summed E-state index contributed by atoms with van der Waals surface area (Å²) < 4.78 is 5.11. The molecular formula is C12H15N3O2S. The lowest BCUT2D eigenvalue weighted by molar-refractivity contribution is 0.0950. The molecule has 0 unspecified atom stereocenters. The van der Waals surface area contributed by atoms with E-state index in [9.17, 15) is 4.79 Å². The number of aromatic nitrogens is 1. The van der Waals surface area contributed by atoms with Crippen LogP contribution in [0.5, 0.6) is 0 Å². The number of hydrogen-bond acceptors (Lipinski definition) is 5. The zero-order valence-corrected chi connectivity index (χ0v) is 10.9. The zero-order valence-electron chi connectivity index (χ0n) is 10.1. The normalized spacial score (nSPS) is 10.6. The lowest BCUT2D eigenvalue weighted by Gasteiger charge is -1.99. The first-order chi connectivity index (χ1) is 8.72. The fraction of sp³-hybridized carbons (Fsp3) is 0.333. The molecule has 0 fully saturated rings. The molecule has 2 heterocycles. The van der Waals surface area contributed by atoms with Crippen molar-refractivity contribution in [3.63, 3.8) is 0 Å². The van der Waals surface area contributed by atoms with Gasteiger partial charge in [-0.15, -0.1) is 11.3 Å². The molecule has 0 radical (unpaired) electrons. The number of nitrogens with zero attached hydrogens (tertiary/aromatic N) is 1. The minimum atomic E-state index is -0.176. The summed E-state index contributed by atoms with van der Waals surface area (Å²) >= 11 is 1.61. The van der Waals surface area contributed by atoms with Crippen LogP contribution in [0.1, 0.15) is 33.7 Å². The van der Waals surface area contributed by atoms with Gasteiger partial charge in [0.05, 0.1) is 29.4 Å². The van der Waals surface area contributed by atoms with Crippen molar-refractivity contribution in [3.8, 4) is 0 Å². The van der Waals surface area contributed by atoms with E-state index in [0.717, 1.165) is 17.1 Å². The van der Waals surface area contributed by atoms with Gasteiger partial charge in [-0.25, -0.2) is 4.98 Å². The first kappa shape index (κ1) is 12.8. The van der Waals surface area contributed by atoms with Crippen molar-refractivity contribution >= 4 is 17.2 Å². The van der Waals surface area contributed by atoms with Crippen molar-refractivity contribution in [2.75, 3.05) is 0 Å². The summed E-state index contributed by atoms with van der Waals surface area (Å²) in [7, 11) is 0. The van der Waals surface area contributed by atoms with Crippen molar-refractivity contribution in [2.45, 2.75) is 26.4 Å². The van der Waals surface area contributed by atoms with Gasteiger partial charge in [0.25, 0.3) is 5.91 Å². The molecule has 0 bridgehead atoms. The molecule has 0 aliphatic heterocycles. The predicted molar refractivity (Wildman–Crippen MR) is 69.3 cm³/mol. The summed E-state index contributed by atoms with van der Waals surface area (Å²) in [5, 5.41) is 5.83. The minimum absolute atomic E-state index is 0.176. The highest BCUT2D eigenvalue weighted by atomic mass is 32.1. The maximum atomic E-state index is 11.8. The van der Waals surface area contributed by atoms with E-state index in [-0.39, 0.29) is 5.91 Å². The van der Waals surface area contributed by atoms with Crippen LogP contribution in [0.4, 0.5) is 0 Å². The molecular weight excluding hydrogens is 250 g/mol. The Morgan fingerprint density at radius 3 is 3.06 bits per heavy atom. The average Bonchev–Trinajstić information content (AvgIpc) is 3.04. The van der Waals surface area contributed by atoms with Crippen molar-refractivity contribution in [1.29, 1.82) is 0 Å². The van der Waals surface area contributed by atoms with Gasteiger partial charge in [0.2, 0.25) is 0 Å². The van der Waals surface area contributed by atoms with Crippen LogP contribution in [-0.4, -0.2) is 10.9 Å². The second-order valence-corrected chi connectivity index (χ2v) is 4.72. The zero-order chi connectivity index (χ0) is 13.0. The van der Waals surface area contributed by atoms with Crippen LogP contribution >= 0.6 is 11.3 Å². The fourth-order valence-corrected chi connectivity index (χ4v) is 2.22. The third-order valence-corrected chi connectivity index (χ3v) is 3.49. The van der Waals surface area contributed by atoms with E-state index in [1.165, 1.54) is 6.26 Å². The molecule has 18 heavy (non-hydrogen) atoms. The van der Waals surface area contributed by atoms with Gasteiger partial charge in [-0.2, -0.15) is 0 Å². The maximum absolute atomic E-state index is 11.8. The molecule has 0 saturated carbocycles. The van der Waals surface area contributed by atoms with Gasteiger partial charge in [-0.1, -0.05) is 6.92 Å². The van der Waals surface area contributed by atoms with E-state index in [1.54, 1.807) is 17.4 Å². The van der Waals surface area contributed by atoms with Gasteiger partial charge in [-0.05, 0) is 12.5 Å². The molecule has 0 aromatic carbocycles. The molecule has 2 aromatic rings. The largest absolute Gasteiger partial charge is 0.467 e. The summed E-state index contributed by atoms with van der Waals surface area (Å²) in [5.41, 5.74) is 6.78. The second-order valence-electron chi connectivity index (χ2n) is 3.77. The number of amides is 1. The van der Waals surface area contributed by atoms with E-state index in [0.29, 0.717) is 24.4 Å². The quantitative estimate of drug-likeness (QED) is 0.862. The van der Waals surface area contributed by atoms with Crippen molar-refractivity contribution in [3.05, 3.63) is 39.7 Å². The van der Waals surface area contributed by atoms with Gasteiger partial charge in [0.15, 0.2) is 0 Å². The number of nitrogens with two attached hydrogens (primary N) is 1. The number of rotatable bonds is 5. The maximum Gasteiger partial charge on any atom is 0.254 e. The Bertz CT molecular complexity index is 533.